The summed E-state index contributed by atoms with van der Waals surface area (Å²) in [5.74, 6) is 1.29. The zero-order valence-corrected chi connectivity index (χ0v) is 50.4. The number of allylic oxidation sites excluding steroid dienone is 8. The van der Waals surface area contributed by atoms with E-state index in [1.807, 2.05) is 42.5 Å². The predicted octanol–water partition coefficient (Wildman–Crippen LogP) is 21.1. The van der Waals surface area contributed by atoms with E-state index >= 15 is 9.59 Å². The SMILES string of the molecule is CC(CCCCCBr)c1ccc(C2=C(c3ccc(C4=C(c5ccc(C(C)CCCCCBr)cc5)C(=O)C(c5ccccc5)=C4c4ccc(C(C)CCCCCBr)cc4)cc3)C(c3ccccc3)=C(c3ccccc3)C2=O)cc1. The minimum atomic E-state index is 0.0206. The molecule has 7 aromatic carbocycles. The van der Waals surface area contributed by atoms with Crippen molar-refractivity contribution >= 4 is 104 Å². The first kappa shape index (κ1) is 57.0. The van der Waals surface area contributed by atoms with Crippen LogP contribution in [0.15, 0.2) is 188 Å². The molecule has 0 saturated carbocycles. The van der Waals surface area contributed by atoms with Crippen LogP contribution in [0, 0.1) is 0 Å². The van der Waals surface area contributed by atoms with Crippen molar-refractivity contribution in [2.45, 2.75) is 116 Å². The second-order valence-corrected chi connectivity index (χ2v) is 23.9. The molecule has 0 spiro atoms. The Morgan fingerprint density at radius 2 is 0.462 bits per heavy atom. The third-order valence-corrected chi connectivity index (χ3v) is 17.9. The zero-order valence-electron chi connectivity index (χ0n) is 45.7. The average molecular weight is 1220 g/mol. The molecule has 0 fully saturated rings. The van der Waals surface area contributed by atoms with Crippen molar-refractivity contribution in [3.8, 4) is 0 Å². The number of carbonyl (C=O) groups excluding carboxylic acids is 2. The van der Waals surface area contributed by atoms with Gasteiger partial charge in [0.2, 0.25) is 0 Å². The fourth-order valence-electron chi connectivity index (χ4n) is 11.7. The summed E-state index contributed by atoms with van der Waals surface area (Å²) in [5, 5.41) is 3.12. The summed E-state index contributed by atoms with van der Waals surface area (Å²) in [6, 6.07) is 66.2. The smallest absolute Gasteiger partial charge is 0.195 e. The maximum atomic E-state index is 15.7. The summed E-state index contributed by atoms with van der Waals surface area (Å²) >= 11 is 10.8. The third-order valence-electron chi connectivity index (χ3n) is 16.2. The Kier molecular flexibility index (Phi) is 20.4. The van der Waals surface area contributed by atoms with Crippen LogP contribution in [-0.2, 0) is 9.59 Å². The van der Waals surface area contributed by atoms with Gasteiger partial charge in [0.15, 0.2) is 11.6 Å². The van der Waals surface area contributed by atoms with Crippen LogP contribution in [0.1, 0.15) is 177 Å². The van der Waals surface area contributed by atoms with Crippen molar-refractivity contribution in [1.29, 1.82) is 0 Å². The van der Waals surface area contributed by atoms with Gasteiger partial charge in [-0.1, -0.05) is 295 Å². The molecule has 0 heterocycles. The molecular formula is C73H73Br3O2. The molecule has 2 nitrogen and oxygen atoms in total. The predicted molar refractivity (Wildman–Crippen MR) is 344 cm³/mol. The Morgan fingerprint density at radius 3 is 0.705 bits per heavy atom. The number of benzene rings is 7. The number of ketones is 2. The number of Topliss-reactive ketones (excluding diaryl/α,β-unsaturated/α-hetero) is 2. The number of hydrogen-bond acceptors (Lipinski definition) is 2. The lowest BCUT2D eigenvalue weighted by Crippen LogP contribution is -2.03. The van der Waals surface area contributed by atoms with Crippen molar-refractivity contribution in [2.75, 3.05) is 16.0 Å². The molecule has 0 bridgehead atoms. The fraction of sp³-hybridized carbons (Fsp3) is 0.288. The molecule has 78 heavy (non-hydrogen) atoms. The Labute approximate surface area is 490 Å². The van der Waals surface area contributed by atoms with Gasteiger partial charge in [-0.3, -0.25) is 9.59 Å². The first-order valence-electron chi connectivity index (χ1n) is 28.6. The van der Waals surface area contributed by atoms with Gasteiger partial charge in [-0.05, 0) is 117 Å². The number of unbranched alkanes of at least 4 members (excludes halogenated alkanes) is 6. The molecule has 398 valence electrons. The van der Waals surface area contributed by atoms with Gasteiger partial charge in [0.1, 0.15) is 0 Å². The summed E-state index contributed by atoms with van der Waals surface area (Å²) in [6.07, 6.45) is 14.2. The molecule has 0 aromatic heterocycles. The van der Waals surface area contributed by atoms with Gasteiger partial charge < -0.3 is 0 Å². The van der Waals surface area contributed by atoms with Crippen LogP contribution in [0.3, 0.4) is 0 Å². The molecule has 0 aliphatic heterocycles. The van der Waals surface area contributed by atoms with Crippen molar-refractivity contribution < 1.29 is 9.59 Å². The van der Waals surface area contributed by atoms with Crippen LogP contribution in [0.4, 0.5) is 0 Å². The molecule has 9 rings (SSSR count). The standard InChI is InChI=1S/C73H73Br3O2/c1-50(22-10-7-19-47-74)53-31-37-59(38-32-53)66-67(71(73(78)69(66)58-29-17-6-18-30-58)63-41-35-55(36-42-63)52(3)24-12-9-21-49-76)61-45-43-60(44-46-61)65-64(56-25-13-4-14-26-56)68(57-27-15-5-16-28-57)72(77)70(65)62-39-33-54(34-40-62)51(2)23-11-8-20-48-75/h4-6,13-18,25-46,50-52H,7-12,19-24,47-49H2,1-3H3. The molecule has 0 amide bonds. The van der Waals surface area contributed by atoms with Crippen LogP contribution in [0.25, 0.3) is 44.6 Å². The Balaban J connectivity index is 1.21. The van der Waals surface area contributed by atoms with Gasteiger partial charge in [0.25, 0.3) is 0 Å². The monoisotopic (exact) mass is 1220 g/mol. The minimum absolute atomic E-state index is 0.0206. The highest BCUT2D eigenvalue weighted by Crippen LogP contribution is 2.53. The summed E-state index contributed by atoms with van der Waals surface area (Å²) in [5.41, 5.74) is 18.0. The second kappa shape index (κ2) is 27.9. The average Bonchev–Trinajstić information content (AvgIpc) is 4.04. The molecule has 7 aromatic rings. The van der Waals surface area contributed by atoms with E-state index in [0.29, 0.717) is 34.5 Å². The van der Waals surface area contributed by atoms with Crippen LogP contribution in [0.5, 0.6) is 0 Å². The molecule has 0 radical (unpaired) electrons. The van der Waals surface area contributed by atoms with E-state index in [4.69, 9.17) is 0 Å². The molecular weight excluding hydrogens is 1150 g/mol. The summed E-state index contributed by atoms with van der Waals surface area (Å²) < 4.78 is 0. The molecule has 3 atom stereocenters. The van der Waals surface area contributed by atoms with Crippen LogP contribution in [-0.4, -0.2) is 27.6 Å². The van der Waals surface area contributed by atoms with E-state index in [1.54, 1.807) is 0 Å². The van der Waals surface area contributed by atoms with Crippen molar-refractivity contribution in [3.05, 3.63) is 249 Å². The minimum Gasteiger partial charge on any atom is -0.289 e. The Hall–Kier alpha value is -5.72. The number of halogens is 3. The van der Waals surface area contributed by atoms with E-state index in [9.17, 15) is 0 Å². The van der Waals surface area contributed by atoms with E-state index in [-0.39, 0.29) is 11.6 Å². The van der Waals surface area contributed by atoms with E-state index in [0.717, 1.165) is 108 Å². The molecule has 0 saturated heterocycles. The number of alkyl halides is 3. The van der Waals surface area contributed by atoms with Crippen LogP contribution < -0.4 is 0 Å². The lowest BCUT2D eigenvalue weighted by Gasteiger charge is -2.18. The van der Waals surface area contributed by atoms with Crippen molar-refractivity contribution in [1.82, 2.24) is 0 Å². The van der Waals surface area contributed by atoms with Crippen molar-refractivity contribution in [2.24, 2.45) is 0 Å². The van der Waals surface area contributed by atoms with Crippen LogP contribution in [0.2, 0.25) is 0 Å². The van der Waals surface area contributed by atoms with Gasteiger partial charge in [-0.15, -0.1) is 0 Å². The Morgan fingerprint density at radius 1 is 0.256 bits per heavy atom. The zero-order chi connectivity index (χ0) is 54.4. The maximum Gasteiger partial charge on any atom is 0.195 e. The van der Waals surface area contributed by atoms with Gasteiger partial charge in [0.05, 0.1) is 0 Å². The molecule has 3 unspecified atom stereocenters. The van der Waals surface area contributed by atoms with E-state index < -0.39 is 0 Å². The summed E-state index contributed by atoms with van der Waals surface area (Å²) in [4.78, 5) is 31.2. The molecule has 5 heteroatoms. The fourth-order valence-corrected chi connectivity index (χ4v) is 12.9. The summed E-state index contributed by atoms with van der Waals surface area (Å²) in [7, 11) is 0. The highest BCUT2D eigenvalue weighted by atomic mass is 79.9. The third kappa shape index (κ3) is 13.1. The molecule has 0 N–H and O–H groups in total. The van der Waals surface area contributed by atoms with Gasteiger partial charge >= 0.3 is 0 Å². The number of rotatable bonds is 26. The van der Waals surface area contributed by atoms with E-state index in [1.165, 1.54) is 74.5 Å². The van der Waals surface area contributed by atoms with Gasteiger partial charge in [-0.25, -0.2) is 0 Å². The first-order chi connectivity index (χ1) is 38.2. The molecule has 2 aliphatic rings. The number of carbonyl (C=O) groups is 2. The maximum absolute atomic E-state index is 15.7. The highest BCUT2D eigenvalue weighted by Gasteiger charge is 2.38. The second-order valence-electron chi connectivity index (χ2n) is 21.5. The first-order valence-corrected chi connectivity index (χ1v) is 31.9. The lowest BCUT2D eigenvalue weighted by atomic mass is 9.85. The van der Waals surface area contributed by atoms with Gasteiger partial charge in [0, 0.05) is 60.6 Å². The normalized spacial score (nSPS) is 15.0. The van der Waals surface area contributed by atoms with Crippen LogP contribution >= 0.6 is 47.8 Å². The largest absolute Gasteiger partial charge is 0.289 e. The van der Waals surface area contributed by atoms with E-state index in [2.05, 4.69) is 214 Å². The lowest BCUT2D eigenvalue weighted by molar-refractivity contribution is -0.109. The van der Waals surface area contributed by atoms with Gasteiger partial charge in [-0.2, -0.15) is 0 Å². The Bertz CT molecular complexity index is 3260. The topological polar surface area (TPSA) is 34.1 Å². The van der Waals surface area contributed by atoms with Crippen molar-refractivity contribution in [3.63, 3.8) is 0 Å². The highest BCUT2D eigenvalue weighted by molar-refractivity contribution is 9.09. The number of hydrogen-bond donors (Lipinski definition) is 0. The molecule has 2 aliphatic carbocycles. The summed E-state index contributed by atoms with van der Waals surface area (Å²) in [6.45, 7) is 6.97. The quantitative estimate of drug-likeness (QED) is 0.0400.